The Morgan fingerprint density at radius 1 is 1.12 bits per heavy atom. The molecule has 0 radical (unpaired) electrons. The number of hydrogen-bond donors (Lipinski definition) is 1. The Hall–Kier alpha value is -2.33. The van der Waals surface area contributed by atoms with Crippen molar-refractivity contribution in [1.82, 2.24) is 0 Å². The van der Waals surface area contributed by atoms with Crippen LogP contribution in [0.4, 0.5) is 5.69 Å². The van der Waals surface area contributed by atoms with E-state index in [0.29, 0.717) is 22.9 Å². The first-order chi connectivity index (χ1) is 11.6. The molecule has 2 aromatic rings. The molecular formula is C19H20ClNO3. The number of benzene rings is 2. The van der Waals surface area contributed by atoms with E-state index in [4.69, 9.17) is 16.3 Å². The van der Waals surface area contributed by atoms with Gasteiger partial charge in [-0.15, -0.1) is 0 Å². The van der Waals surface area contributed by atoms with Crippen LogP contribution in [-0.4, -0.2) is 18.5 Å². The van der Waals surface area contributed by atoms with E-state index in [1.165, 1.54) is 0 Å². The molecule has 0 atom stereocenters. The number of anilines is 1. The number of carbonyl (C=O) groups is 2. The molecule has 0 saturated carbocycles. The van der Waals surface area contributed by atoms with Crippen LogP contribution in [0.1, 0.15) is 35.7 Å². The quantitative estimate of drug-likeness (QED) is 0.594. The van der Waals surface area contributed by atoms with Gasteiger partial charge in [-0.25, -0.2) is 4.79 Å². The minimum Gasteiger partial charge on any atom is -0.462 e. The monoisotopic (exact) mass is 345 g/mol. The lowest BCUT2D eigenvalue weighted by Crippen LogP contribution is -2.15. The van der Waals surface area contributed by atoms with Crippen LogP contribution in [0.15, 0.2) is 48.5 Å². The number of amides is 1. The summed E-state index contributed by atoms with van der Waals surface area (Å²) in [7, 11) is 0. The number of unbranched alkanes of at least 4 members (excludes halogenated alkanes) is 1. The second-order valence-electron chi connectivity index (χ2n) is 5.42. The normalized spacial score (nSPS) is 10.2. The Kier molecular flexibility index (Phi) is 6.82. The predicted molar refractivity (Wildman–Crippen MR) is 95.4 cm³/mol. The van der Waals surface area contributed by atoms with Crippen molar-refractivity contribution in [3.05, 3.63) is 64.7 Å². The first-order valence-corrected chi connectivity index (χ1v) is 8.27. The number of nitrogens with one attached hydrogen (secondary N) is 1. The van der Waals surface area contributed by atoms with Crippen LogP contribution in [0.2, 0.25) is 5.02 Å². The first kappa shape index (κ1) is 18.0. The number of rotatable bonds is 7. The van der Waals surface area contributed by atoms with E-state index in [1.54, 1.807) is 36.4 Å². The SMILES string of the molecule is CCCCOC(=O)c1cccc(NC(=O)Cc2ccc(Cl)cc2)c1. The van der Waals surface area contributed by atoms with Crippen LogP contribution in [0.3, 0.4) is 0 Å². The summed E-state index contributed by atoms with van der Waals surface area (Å²) in [5.41, 5.74) is 1.86. The molecule has 1 amide bonds. The molecule has 0 heterocycles. The summed E-state index contributed by atoms with van der Waals surface area (Å²) in [5, 5.41) is 3.42. The lowest BCUT2D eigenvalue weighted by Gasteiger charge is -2.08. The van der Waals surface area contributed by atoms with Crippen molar-refractivity contribution in [2.45, 2.75) is 26.2 Å². The summed E-state index contributed by atoms with van der Waals surface area (Å²) >= 11 is 5.83. The third-order valence-corrected chi connectivity index (χ3v) is 3.64. The van der Waals surface area contributed by atoms with Gasteiger partial charge >= 0.3 is 5.97 Å². The maximum absolute atomic E-state index is 12.1. The third kappa shape index (κ3) is 5.70. The Labute approximate surface area is 146 Å². The van der Waals surface area contributed by atoms with Crippen LogP contribution in [0.5, 0.6) is 0 Å². The molecule has 0 saturated heterocycles. The summed E-state index contributed by atoms with van der Waals surface area (Å²) in [4.78, 5) is 24.0. The minimum absolute atomic E-state index is 0.158. The van der Waals surface area contributed by atoms with E-state index in [9.17, 15) is 9.59 Å². The van der Waals surface area contributed by atoms with Gasteiger partial charge in [-0.2, -0.15) is 0 Å². The predicted octanol–water partition coefficient (Wildman–Crippen LogP) is 4.48. The van der Waals surface area contributed by atoms with Crippen molar-refractivity contribution in [1.29, 1.82) is 0 Å². The van der Waals surface area contributed by atoms with Gasteiger partial charge in [-0.1, -0.05) is 43.1 Å². The van der Waals surface area contributed by atoms with Gasteiger partial charge in [0.2, 0.25) is 5.91 Å². The van der Waals surface area contributed by atoms with Crippen LogP contribution < -0.4 is 5.32 Å². The molecule has 0 aliphatic rings. The van der Waals surface area contributed by atoms with Crippen molar-refractivity contribution in [3.8, 4) is 0 Å². The van der Waals surface area contributed by atoms with E-state index < -0.39 is 0 Å². The number of esters is 1. The molecule has 24 heavy (non-hydrogen) atoms. The van der Waals surface area contributed by atoms with Crippen molar-refractivity contribution in [3.63, 3.8) is 0 Å². The Morgan fingerprint density at radius 3 is 2.58 bits per heavy atom. The van der Waals surface area contributed by atoms with Gasteiger partial charge in [-0.05, 0) is 42.3 Å². The second kappa shape index (κ2) is 9.08. The molecule has 4 nitrogen and oxygen atoms in total. The van der Waals surface area contributed by atoms with E-state index in [-0.39, 0.29) is 18.3 Å². The summed E-state index contributed by atoms with van der Waals surface area (Å²) < 4.78 is 5.17. The third-order valence-electron chi connectivity index (χ3n) is 3.39. The molecule has 0 bridgehead atoms. The molecule has 0 aliphatic heterocycles. The number of ether oxygens (including phenoxy) is 1. The van der Waals surface area contributed by atoms with E-state index >= 15 is 0 Å². The van der Waals surface area contributed by atoms with Gasteiger partial charge in [0.1, 0.15) is 0 Å². The summed E-state index contributed by atoms with van der Waals surface area (Å²) in [6.45, 7) is 2.44. The second-order valence-corrected chi connectivity index (χ2v) is 5.86. The topological polar surface area (TPSA) is 55.4 Å². The molecule has 5 heteroatoms. The van der Waals surface area contributed by atoms with Crippen LogP contribution in [0, 0.1) is 0 Å². The van der Waals surface area contributed by atoms with Gasteiger partial charge in [0, 0.05) is 10.7 Å². The van der Waals surface area contributed by atoms with Gasteiger partial charge < -0.3 is 10.1 Å². The molecule has 0 aromatic heterocycles. The maximum Gasteiger partial charge on any atom is 0.338 e. The Bertz CT molecular complexity index is 698. The fourth-order valence-corrected chi connectivity index (χ4v) is 2.24. The smallest absolute Gasteiger partial charge is 0.338 e. The lowest BCUT2D eigenvalue weighted by molar-refractivity contribution is -0.115. The van der Waals surface area contributed by atoms with Gasteiger partial charge in [0.15, 0.2) is 0 Å². The van der Waals surface area contributed by atoms with E-state index in [1.807, 2.05) is 19.1 Å². The highest BCUT2D eigenvalue weighted by molar-refractivity contribution is 6.30. The highest BCUT2D eigenvalue weighted by Gasteiger charge is 2.09. The summed E-state index contributed by atoms with van der Waals surface area (Å²) in [6, 6.07) is 13.9. The molecule has 0 aliphatic carbocycles. The van der Waals surface area contributed by atoms with Crippen LogP contribution in [-0.2, 0) is 16.0 Å². The van der Waals surface area contributed by atoms with Gasteiger partial charge in [0.05, 0.1) is 18.6 Å². The average molecular weight is 346 g/mol. The van der Waals surface area contributed by atoms with Crippen molar-refractivity contribution >= 4 is 29.2 Å². The largest absolute Gasteiger partial charge is 0.462 e. The molecule has 2 rings (SSSR count). The zero-order valence-corrected chi connectivity index (χ0v) is 14.3. The minimum atomic E-state index is -0.378. The van der Waals surface area contributed by atoms with Crippen molar-refractivity contribution in [2.75, 3.05) is 11.9 Å². The zero-order valence-electron chi connectivity index (χ0n) is 13.5. The summed E-state index contributed by atoms with van der Waals surface area (Å²) in [6.07, 6.45) is 2.04. The number of carbonyl (C=O) groups excluding carboxylic acids is 2. The Morgan fingerprint density at radius 2 is 1.88 bits per heavy atom. The highest BCUT2D eigenvalue weighted by atomic mass is 35.5. The van der Waals surface area contributed by atoms with Crippen molar-refractivity contribution in [2.24, 2.45) is 0 Å². The molecule has 126 valence electrons. The molecule has 1 N–H and O–H groups in total. The molecule has 2 aromatic carbocycles. The summed E-state index contributed by atoms with van der Waals surface area (Å²) in [5.74, 6) is -0.536. The van der Waals surface area contributed by atoms with Gasteiger partial charge in [-0.3, -0.25) is 4.79 Å². The highest BCUT2D eigenvalue weighted by Crippen LogP contribution is 2.14. The average Bonchev–Trinajstić information content (AvgIpc) is 2.57. The van der Waals surface area contributed by atoms with Gasteiger partial charge in [0.25, 0.3) is 0 Å². The van der Waals surface area contributed by atoms with Crippen molar-refractivity contribution < 1.29 is 14.3 Å². The van der Waals surface area contributed by atoms with E-state index in [2.05, 4.69) is 5.32 Å². The Balaban J connectivity index is 1.94. The van der Waals surface area contributed by atoms with Crippen LogP contribution in [0.25, 0.3) is 0 Å². The molecule has 0 spiro atoms. The number of hydrogen-bond acceptors (Lipinski definition) is 3. The first-order valence-electron chi connectivity index (χ1n) is 7.90. The molecular weight excluding hydrogens is 326 g/mol. The maximum atomic E-state index is 12.1. The molecule has 0 fully saturated rings. The fourth-order valence-electron chi connectivity index (χ4n) is 2.11. The zero-order chi connectivity index (χ0) is 17.4. The lowest BCUT2D eigenvalue weighted by atomic mass is 10.1. The fraction of sp³-hybridized carbons (Fsp3) is 0.263. The van der Waals surface area contributed by atoms with Crippen LogP contribution >= 0.6 is 11.6 Å². The standard InChI is InChI=1S/C19H20ClNO3/c1-2-3-11-24-19(23)15-5-4-6-17(13-15)21-18(22)12-14-7-9-16(20)10-8-14/h4-10,13H,2-3,11-12H2,1H3,(H,21,22). The number of halogens is 1. The van der Waals surface area contributed by atoms with E-state index in [0.717, 1.165) is 18.4 Å². The molecule has 0 unspecified atom stereocenters.